The number of aryl methyl sites for hydroxylation is 1. The number of hydrogen-bond acceptors (Lipinski definition) is 2. The third-order valence-corrected chi connectivity index (χ3v) is 3.02. The predicted molar refractivity (Wildman–Crippen MR) is 75.5 cm³/mol. The van der Waals surface area contributed by atoms with Gasteiger partial charge in [-0.2, -0.15) is 0 Å². The van der Waals surface area contributed by atoms with E-state index < -0.39 is 6.04 Å². The highest BCUT2D eigenvalue weighted by molar-refractivity contribution is 5.87. The number of nitrogens with one attached hydrogen (secondary N) is 2. The summed E-state index contributed by atoms with van der Waals surface area (Å²) in [6, 6.07) is 7.42. The monoisotopic (exact) mass is 262 g/mol. The minimum Gasteiger partial charge on any atom is -0.350 e. The molecule has 0 saturated heterocycles. The quantitative estimate of drug-likeness (QED) is 0.849. The van der Waals surface area contributed by atoms with Crippen LogP contribution in [0.3, 0.4) is 0 Å². The van der Waals surface area contributed by atoms with Crippen molar-refractivity contribution in [2.75, 3.05) is 0 Å². The van der Waals surface area contributed by atoms with Crippen LogP contribution in [0.15, 0.2) is 24.3 Å². The highest BCUT2D eigenvalue weighted by atomic mass is 16.2. The van der Waals surface area contributed by atoms with E-state index in [2.05, 4.69) is 10.6 Å². The molecule has 1 aromatic rings. The summed E-state index contributed by atoms with van der Waals surface area (Å²) in [6.45, 7) is 7.73. The van der Waals surface area contributed by atoms with Crippen LogP contribution < -0.4 is 10.6 Å². The molecule has 4 heteroatoms. The Labute approximate surface area is 114 Å². The van der Waals surface area contributed by atoms with Gasteiger partial charge in [0.05, 0.1) is 0 Å². The molecule has 0 fully saturated rings. The minimum absolute atomic E-state index is 0.0563. The Balaban J connectivity index is 2.63. The van der Waals surface area contributed by atoms with Gasteiger partial charge in [0.1, 0.15) is 6.04 Å². The third kappa shape index (κ3) is 4.73. The zero-order chi connectivity index (χ0) is 14.4. The van der Waals surface area contributed by atoms with Crippen LogP contribution in [0.4, 0.5) is 0 Å². The first-order valence-corrected chi connectivity index (χ1v) is 6.51. The molecule has 1 atom stereocenters. The first kappa shape index (κ1) is 15.2. The molecule has 104 valence electrons. The molecule has 0 aromatic heterocycles. The van der Waals surface area contributed by atoms with Gasteiger partial charge in [0.25, 0.3) is 0 Å². The second kappa shape index (κ2) is 6.92. The topological polar surface area (TPSA) is 58.2 Å². The third-order valence-electron chi connectivity index (χ3n) is 3.02. The molecule has 1 unspecified atom stereocenters. The summed E-state index contributed by atoms with van der Waals surface area (Å²) in [4.78, 5) is 23.2. The fraction of sp³-hybridized carbons (Fsp3) is 0.467. The van der Waals surface area contributed by atoms with Crippen molar-refractivity contribution < 1.29 is 9.59 Å². The molecule has 1 aromatic carbocycles. The minimum atomic E-state index is -0.485. The fourth-order valence-corrected chi connectivity index (χ4v) is 1.85. The van der Waals surface area contributed by atoms with Gasteiger partial charge in [0, 0.05) is 13.5 Å². The van der Waals surface area contributed by atoms with E-state index >= 15 is 0 Å². The van der Waals surface area contributed by atoms with Crippen LogP contribution in [0.5, 0.6) is 0 Å². The van der Waals surface area contributed by atoms with E-state index in [-0.39, 0.29) is 17.7 Å². The Kier molecular flexibility index (Phi) is 5.55. The van der Waals surface area contributed by atoms with Gasteiger partial charge in [0.15, 0.2) is 0 Å². The van der Waals surface area contributed by atoms with E-state index in [1.54, 1.807) is 0 Å². The van der Waals surface area contributed by atoms with Crippen molar-refractivity contribution in [3.05, 3.63) is 35.4 Å². The number of carbonyl (C=O) groups excluding carboxylic acids is 2. The van der Waals surface area contributed by atoms with E-state index in [9.17, 15) is 9.59 Å². The van der Waals surface area contributed by atoms with Crippen LogP contribution in [-0.2, 0) is 16.1 Å². The summed E-state index contributed by atoms with van der Waals surface area (Å²) in [5.74, 6) is -0.279. The summed E-state index contributed by atoms with van der Waals surface area (Å²) in [7, 11) is 0. The van der Waals surface area contributed by atoms with E-state index in [0.717, 1.165) is 11.1 Å². The normalized spacial score (nSPS) is 12.1. The highest BCUT2D eigenvalue weighted by Gasteiger charge is 2.22. The Morgan fingerprint density at radius 3 is 2.37 bits per heavy atom. The highest BCUT2D eigenvalue weighted by Crippen LogP contribution is 2.07. The molecule has 19 heavy (non-hydrogen) atoms. The van der Waals surface area contributed by atoms with Gasteiger partial charge in [-0.1, -0.05) is 38.1 Å². The Bertz CT molecular complexity index is 455. The van der Waals surface area contributed by atoms with Crippen LogP contribution in [0.25, 0.3) is 0 Å². The lowest BCUT2D eigenvalue weighted by atomic mass is 10.0. The SMILES string of the molecule is CC(=O)NC(C(=O)NCc1ccccc1C)C(C)C. The number of amides is 2. The van der Waals surface area contributed by atoms with Gasteiger partial charge in [0.2, 0.25) is 11.8 Å². The summed E-state index contributed by atoms with van der Waals surface area (Å²) in [5.41, 5.74) is 2.23. The average molecular weight is 262 g/mol. The molecule has 0 aliphatic rings. The van der Waals surface area contributed by atoms with Gasteiger partial charge in [-0.3, -0.25) is 9.59 Å². The van der Waals surface area contributed by atoms with Gasteiger partial charge in [-0.05, 0) is 24.0 Å². The molecule has 1 rings (SSSR count). The van der Waals surface area contributed by atoms with Gasteiger partial charge in [-0.15, -0.1) is 0 Å². The molecule has 0 radical (unpaired) electrons. The molecule has 0 saturated carbocycles. The van der Waals surface area contributed by atoms with Crippen LogP contribution in [0, 0.1) is 12.8 Å². The molecule has 0 heterocycles. The molecular formula is C15H22N2O2. The van der Waals surface area contributed by atoms with Crippen molar-refractivity contribution in [3.8, 4) is 0 Å². The van der Waals surface area contributed by atoms with Crippen molar-refractivity contribution in [2.45, 2.75) is 40.3 Å². The first-order valence-electron chi connectivity index (χ1n) is 6.51. The number of carbonyl (C=O) groups is 2. The molecule has 0 bridgehead atoms. The largest absolute Gasteiger partial charge is 0.350 e. The molecule has 4 nitrogen and oxygen atoms in total. The zero-order valence-electron chi connectivity index (χ0n) is 12.0. The van der Waals surface area contributed by atoms with Crippen molar-refractivity contribution in [1.82, 2.24) is 10.6 Å². The zero-order valence-corrected chi connectivity index (χ0v) is 12.0. The summed E-state index contributed by atoms with van der Waals surface area (Å²) in [6.07, 6.45) is 0. The van der Waals surface area contributed by atoms with Crippen LogP contribution >= 0.6 is 0 Å². The van der Waals surface area contributed by atoms with Gasteiger partial charge >= 0.3 is 0 Å². The molecule has 0 aliphatic carbocycles. The average Bonchev–Trinajstić information content (AvgIpc) is 2.34. The van der Waals surface area contributed by atoms with Crippen molar-refractivity contribution >= 4 is 11.8 Å². The Morgan fingerprint density at radius 1 is 1.21 bits per heavy atom. The summed E-state index contributed by atoms with van der Waals surface area (Å²) < 4.78 is 0. The van der Waals surface area contributed by atoms with E-state index in [1.165, 1.54) is 6.92 Å². The molecule has 2 N–H and O–H groups in total. The molecule has 2 amide bonds. The second-order valence-corrected chi connectivity index (χ2v) is 5.07. The summed E-state index contributed by atoms with van der Waals surface area (Å²) in [5, 5.41) is 5.55. The molecule has 0 aliphatic heterocycles. The van der Waals surface area contributed by atoms with Gasteiger partial charge in [-0.25, -0.2) is 0 Å². The Morgan fingerprint density at radius 2 is 1.84 bits per heavy atom. The van der Waals surface area contributed by atoms with Crippen LogP contribution in [-0.4, -0.2) is 17.9 Å². The smallest absolute Gasteiger partial charge is 0.243 e. The fourth-order valence-electron chi connectivity index (χ4n) is 1.85. The lowest BCUT2D eigenvalue weighted by Crippen LogP contribution is -2.48. The number of rotatable bonds is 5. The molecular weight excluding hydrogens is 240 g/mol. The maximum atomic E-state index is 12.1. The maximum absolute atomic E-state index is 12.1. The van der Waals surface area contributed by atoms with Crippen molar-refractivity contribution in [3.63, 3.8) is 0 Å². The summed E-state index contributed by atoms with van der Waals surface area (Å²) >= 11 is 0. The van der Waals surface area contributed by atoms with E-state index in [4.69, 9.17) is 0 Å². The predicted octanol–water partition coefficient (Wildman–Crippen LogP) is 1.77. The van der Waals surface area contributed by atoms with Crippen LogP contribution in [0.1, 0.15) is 31.9 Å². The first-order chi connectivity index (χ1) is 8.91. The standard InChI is InChI=1S/C15H22N2O2/c1-10(2)14(17-12(4)18)15(19)16-9-13-8-6-5-7-11(13)3/h5-8,10,14H,9H2,1-4H3,(H,16,19)(H,17,18). The second-order valence-electron chi connectivity index (χ2n) is 5.07. The number of hydrogen-bond donors (Lipinski definition) is 2. The van der Waals surface area contributed by atoms with Crippen LogP contribution in [0.2, 0.25) is 0 Å². The Hall–Kier alpha value is -1.84. The van der Waals surface area contributed by atoms with E-state index in [1.807, 2.05) is 45.0 Å². The van der Waals surface area contributed by atoms with Gasteiger partial charge < -0.3 is 10.6 Å². The number of benzene rings is 1. The van der Waals surface area contributed by atoms with E-state index in [0.29, 0.717) is 6.54 Å². The lowest BCUT2D eigenvalue weighted by molar-refractivity contribution is -0.129. The lowest BCUT2D eigenvalue weighted by Gasteiger charge is -2.21. The molecule has 0 spiro atoms. The maximum Gasteiger partial charge on any atom is 0.243 e. The van der Waals surface area contributed by atoms with Crippen molar-refractivity contribution in [2.24, 2.45) is 5.92 Å². The van der Waals surface area contributed by atoms with Crippen molar-refractivity contribution in [1.29, 1.82) is 0 Å².